The highest BCUT2D eigenvalue weighted by Gasteiger charge is 2.00. The summed E-state index contributed by atoms with van der Waals surface area (Å²) < 4.78 is 11.0. The first kappa shape index (κ1) is 11.7. The second-order valence-electron chi connectivity index (χ2n) is 2.36. The quantitative estimate of drug-likeness (QED) is 0.559. The maximum absolute atomic E-state index is 5.43. The molecule has 0 aliphatic heterocycles. The van der Waals surface area contributed by atoms with Gasteiger partial charge in [0.15, 0.2) is 4.34 Å². The predicted molar refractivity (Wildman–Crippen MR) is 57.7 cm³/mol. The first-order valence-corrected chi connectivity index (χ1v) is 5.91. The van der Waals surface area contributed by atoms with Gasteiger partial charge in [-0.2, -0.15) is 0 Å². The molecular formula is C7H13N3O2S2. The van der Waals surface area contributed by atoms with Gasteiger partial charge in [-0.1, -0.05) is 23.1 Å². The number of methoxy groups -OCH3 is 1. The summed E-state index contributed by atoms with van der Waals surface area (Å²) in [5.41, 5.74) is 5.43. The zero-order chi connectivity index (χ0) is 10.2. The van der Waals surface area contributed by atoms with E-state index < -0.39 is 0 Å². The second-order valence-corrected chi connectivity index (χ2v) is 4.71. The van der Waals surface area contributed by atoms with Gasteiger partial charge in [0.05, 0.1) is 19.8 Å². The van der Waals surface area contributed by atoms with E-state index in [-0.39, 0.29) is 0 Å². The molecule has 0 aromatic carbocycles. The van der Waals surface area contributed by atoms with Crippen molar-refractivity contribution in [1.29, 1.82) is 0 Å². The lowest BCUT2D eigenvalue weighted by Gasteiger charge is -2.01. The van der Waals surface area contributed by atoms with E-state index in [1.54, 1.807) is 18.9 Å². The van der Waals surface area contributed by atoms with Crippen LogP contribution in [-0.2, 0) is 9.47 Å². The molecule has 1 aromatic heterocycles. The van der Waals surface area contributed by atoms with Crippen LogP contribution in [0.4, 0.5) is 5.13 Å². The number of anilines is 1. The SMILES string of the molecule is COCCOCCSc1nnc(N)s1. The number of ether oxygens (including phenoxy) is 2. The van der Waals surface area contributed by atoms with Crippen molar-refractivity contribution in [3.8, 4) is 0 Å². The Hall–Kier alpha value is -0.370. The van der Waals surface area contributed by atoms with Crippen LogP contribution < -0.4 is 5.73 Å². The Labute approximate surface area is 91.0 Å². The molecule has 0 atom stereocenters. The molecule has 0 bridgehead atoms. The minimum absolute atomic E-state index is 0.507. The van der Waals surface area contributed by atoms with Gasteiger partial charge in [0.1, 0.15) is 0 Å². The lowest BCUT2D eigenvalue weighted by molar-refractivity contribution is 0.0790. The van der Waals surface area contributed by atoms with E-state index in [0.29, 0.717) is 25.0 Å². The van der Waals surface area contributed by atoms with Crippen molar-refractivity contribution in [1.82, 2.24) is 10.2 Å². The fourth-order valence-corrected chi connectivity index (χ4v) is 2.27. The molecule has 0 radical (unpaired) electrons. The van der Waals surface area contributed by atoms with Gasteiger partial charge < -0.3 is 15.2 Å². The third-order valence-corrected chi connectivity index (χ3v) is 3.16. The number of nitrogen functional groups attached to an aromatic ring is 1. The van der Waals surface area contributed by atoms with Gasteiger partial charge in [0.2, 0.25) is 5.13 Å². The molecule has 80 valence electrons. The van der Waals surface area contributed by atoms with E-state index in [9.17, 15) is 0 Å². The highest BCUT2D eigenvalue weighted by molar-refractivity contribution is 8.01. The highest BCUT2D eigenvalue weighted by Crippen LogP contribution is 2.22. The lowest BCUT2D eigenvalue weighted by Crippen LogP contribution is -2.04. The minimum atomic E-state index is 0.507. The van der Waals surface area contributed by atoms with E-state index in [1.165, 1.54) is 11.3 Å². The molecule has 0 spiro atoms. The molecule has 5 nitrogen and oxygen atoms in total. The minimum Gasteiger partial charge on any atom is -0.382 e. The molecule has 7 heteroatoms. The van der Waals surface area contributed by atoms with Crippen molar-refractivity contribution in [3.05, 3.63) is 0 Å². The third kappa shape index (κ3) is 4.75. The van der Waals surface area contributed by atoms with Crippen molar-refractivity contribution < 1.29 is 9.47 Å². The number of nitrogens with zero attached hydrogens (tertiary/aromatic N) is 2. The average Bonchev–Trinajstić information content (AvgIpc) is 2.58. The molecule has 0 fully saturated rings. The summed E-state index contributed by atoms with van der Waals surface area (Å²) in [6.07, 6.45) is 0. The van der Waals surface area contributed by atoms with Crippen molar-refractivity contribution in [3.63, 3.8) is 0 Å². The summed E-state index contributed by atoms with van der Waals surface area (Å²) in [6.45, 7) is 1.96. The van der Waals surface area contributed by atoms with Gasteiger partial charge in [-0.3, -0.25) is 0 Å². The van der Waals surface area contributed by atoms with E-state index >= 15 is 0 Å². The summed E-state index contributed by atoms with van der Waals surface area (Å²) in [5, 5.41) is 8.09. The van der Waals surface area contributed by atoms with Gasteiger partial charge in [-0.05, 0) is 0 Å². The van der Waals surface area contributed by atoms with Crippen LogP contribution in [0.5, 0.6) is 0 Å². The lowest BCUT2D eigenvalue weighted by atomic mass is 10.7. The Kier molecular flexibility index (Phi) is 5.85. The van der Waals surface area contributed by atoms with Gasteiger partial charge in [0.25, 0.3) is 0 Å². The summed E-state index contributed by atoms with van der Waals surface area (Å²) in [4.78, 5) is 0. The fraction of sp³-hybridized carbons (Fsp3) is 0.714. The van der Waals surface area contributed by atoms with Gasteiger partial charge >= 0.3 is 0 Å². The number of aromatic nitrogens is 2. The molecule has 0 aliphatic carbocycles. The molecular weight excluding hydrogens is 222 g/mol. The number of thioether (sulfide) groups is 1. The summed E-state index contributed by atoms with van der Waals surface area (Å²) in [7, 11) is 1.65. The maximum Gasteiger partial charge on any atom is 0.203 e. The Balaban J connectivity index is 1.99. The van der Waals surface area contributed by atoms with Crippen LogP contribution in [0.15, 0.2) is 4.34 Å². The van der Waals surface area contributed by atoms with E-state index in [1.807, 2.05) is 0 Å². The zero-order valence-corrected chi connectivity index (χ0v) is 9.57. The second kappa shape index (κ2) is 6.99. The van der Waals surface area contributed by atoms with Crippen LogP contribution in [0.1, 0.15) is 0 Å². The molecule has 1 heterocycles. The zero-order valence-electron chi connectivity index (χ0n) is 7.93. The summed E-state index contributed by atoms with van der Waals surface area (Å²) in [5.74, 6) is 0.859. The van der Waals surface area contributed by atoms with Crippen LogP contribution in [-0.4, -0.2) is 42.9 Å². The Morgan fingerprint density at radius 1 is 1.36 bits per heavy atom. The molecule has 0 saturated heterocycles. The predicted octanol–water partition coefficient (Wildman–Crippen LogP) is 0.875. The third-order valence-electron chi connectivity index (χ3n) is 1.31. The largest absolute Gasteiger partial charge is 0.382 e. The van der Waals surface area contributed by atoms with Crippen molar-refractivity contribution >= 4 is 28.2 Å². The Morgan fingerprint density at radius 2 is 2.21 bits per heavy atom. The van der Waals surface area contributed by atoms with Crippen molar-refractivity contribution in [2.45, 2.75) is 4.34 Å². The van der Waals surface area contributed by atoms with Crippen LogP contribution in [0.25, 0.3) is 0 Å². The fourth-order valence-electron chi connectivity index (χ4n) is 0.711. The van der Waals surface area contributed by atoms with Crippen LogP contribution in [0, 0.1) is 0 Å². The van der Waals surface area contributed by atoms with E-state index in [0.717, 1.165) is 10.1 Å². The first-order valence-electron chi connectivity index (χ1n) is 4.11. The molecule has 0 saturated carbocycles. The molecule has 14 heavy (non-hydrogen) atoms. The molecule has 1 rings (SSSR count). The van der Waals surface area contributed by atoms with Gasteiger partial charge in [-0.15, -0.1) is 10.2 Å². The van der Waals surface area contributed by atoms with Crippen LogP contribution >= 0.6 is 23.1 Å². The smallest absolute Gasteiger partial charge is 0.203 e. The number of hydrogen-bond donors (Lipinski definition) is 1. The molecule has 0 amide bonds. The number of rotatable bonds is 7. The van der Waals surface area contributed by atoms with Crippen molar-refractivity contribution in [2.75, 3.05) is 38.4 Å². The average molecular weight is 235 g/mol. The monoisotopic (exact) mass is 235 g/mol. The van der Waals surface area contributed by atoms with Crippen LogP contribution in [0.3, 0.4) is 0 Å². The van der Waals surface area contributed by atoms with Gasteiger partial charge in [0, 0.05) is 12.9 Å². The number of hydrogen-bond acceptors (Lipinski definition) is 7. The Bertz CT molecular complexity index is 257. The van der Waals surface area contributed by atoms with Gasteiger partial charge in [-0.25, -0.2) is 0 Å². The highest BCUT2D eigenvalue weighted by atomic mass is 32.2. The molecule has 0 unspecified atom stereocenters. The molecule has 1 aromatic rings. The molecule has 2 N–H and O–H groups in total. The first-order chi connectivity index (χ1) is 6.83. The molecule has 0 aliphatic rings. The summed E-state index contributed by atoms with van der Waals surface area (Å²) in [6, 6.07) is 0. The van der Waals surface area contributed by atoms with E-state index in [2.05, 4.69) is 10.2 Å². The van der Waals surface area contributed by atoms with E-state index in [4.69, 9.17) is 15.2 Å². The summed E-state index contributed by atoms with van der Waals surface area (Å²) >= 11 is 2.99. The normalized spacial score (nSPS) is 10.6. The topological polar surface area (TPSA) is 70.3 Å². The van der Waals surface area contributed by atoms with Crippen LogP contribution in [0.2, 0.25) is 0 Å². The Morgan fingerprint density at radius 3 is 2.86 bits per heavy atom. The van der Waals surface area contributed by atoms with Crippen molar-refractivity contribution in [2.24, 2.45) is 0 Å². The maximum atomic E-state index is 5.43. The number of nitrogens with two attached hydrogens (primary N) is 1. The standard InChI is InChI=1S/C7H13N3O2S2/c1-11-2-3-12-4-5-13-7-10-9-6(8)14-7/h2-5H2,1H3,(H2,8,9).